The molecule has 0 N–H and O–H groups in total. The summed E-state index contributed by atoms with van der Waals surface area (Å²) in [5, 5.41) is 5.71. The minimum Gasteiger partial charge on any atom is -0.360 e. The van der Waals surface area contributed by atoms with E-state index < -0.39 is 8.07 Å². The topological polar surface area (TPSA) is 27.1 Å². The molecule has 2 heterocycles. The fourth-order valence-corrected chi connectivity index (χ4v) is 3.22. The molecular weight excluding hydrogens is 248 g/mol. The highest BCUT2D eigenvalue weighted by molar-refractivity contribution is 7.18. The van der Waals surface area contributed by atoms with Crippen molar-refractivity contribution in [2.24, 2.45) is 0 Å². The van der Waals surface area contributed by atoms with Gasteiger partial charge in [0.2, 0.25) is 0 Å². The summed E-state index contributed by atoms with van der Waals surface area (Å²) in [6.45, 7) is 10.6. The Bertz CT molecular complexity index is 467. The van der Waals surface area contributed by atoms with E-state index in [1.165, 1.54) is 16.3 Å². The third-order valence-corrected chi connectivity index (χ3v) is 5.25. The van der Waals surface area contributed by atoms with Gasteiger partial charge in [-0.3, -0.25) is 0 Å². The standard InChI is InChI=1S/C12H20N2OSSi/c1-10-7-11-8-14(13-12(11)16-10)9-15-5-6-17(2,3)4/h7-8H,5-6,9H2,1-4H3. The molecule has 94 valence electrons. The third-order valence-electron chi connectivity index (χ3n) is 2.59. The second-order valence-corrected chi connectivity index (χ2v) is 12.5. The van der Waals surface area contributed by atoms with Gasteiger partial charge in [-0.2, -0.15) is 5.10 Å². The Labute approximate surface area is 107 Å². The number of hydrogen-bond donors (Lipinski definition) is 0. The van der Waals surface area contributed by atoms with Crippen LogP contribution in [-0.4, -0.2) is 24.5 Å². The first-order chi connectivity index (χ1) is 7.94. The average Bonchev–Trinajstić information content (AvgIpc) is 2.67. The summed E-state index contributed by atoms with van der Waals surface area (Å²) in [6.07, 6.45) is 2.06. The van der Waals surface area contributed by atoms with Crippen molar-refractivity contribution in [2.45, 2.75) is 39.3 Å². The molecule has 0 spiro atoms. The first-order valence-electron chi connectivity index (χ1n) is 5.95. The van der Waals surface area contributed by atoms with Crippen molar-refractivity contribution in [3.05, 3.63) is 17.1 Å². The van der Waals surface area contributed by atoms with Crippen LogP contribution in [0.1, 0.15) is 4.88 Å². The van der Waals surface area contributed by atoms with Gasteiger partial charge in [0.15, 0.2) is 0 Å². The number of ether oxygens (including phenoxy) is 1. The minimum atomic E-state index is -0.974. The normalized spacial score (nSPS) is 12.5. The lowest BCUT2D eigenvalue weighted by molar-refractivity contribution is 0.0791. The molecule has 0 saturated heterocycles. The van der Waals surface area contributed by atoms with Crippen LogP contribution in [0.5, 0.6) is 0 Å². The van der Waals surface area contributed by atoms with Gasteiger partial charge in [0, 0.05) is 31.1 Å². The van der Waals surface area contributed by atoms with Crippen LogP contribution in [0, 0.1) is 6.92 Å². The Balaban J connectivity index is 1.85. The van der Waals surface area contributed by atoms with Gasteiger partial charge in [-0.15, -0.1) is 11.3 Å². The summed E-state index contributed by atoms with van der Waals surface area (Å²) in [7, 11) is -0.974. The van der Waals surface area contributed by atoms with E-state index in [0.717, 1.165) is 11.4 Å². The van der Waals surface area contributed by atoms with Crippen LogP contribution in [0.25, 0.3) is 10.2 Å². The monoisotopic (exact) mass is 268 g/mol. The maximum Gasteiger partial charge on any atom is 0.145 e. The van der Waals surface area contributed by atoms with Crippen LogP contribution in [0.4, 0.5) is 0 Å². The number of fused-ring (bicyclic) bond motifs is 1. The summed E-state index contributed by atoms with van der Waals surface area (Å²) in [4.78, 5) is 2.42. The zero-order valence-corrected chi connectivity index (χ0v) is 12.8. The average molecular weight is 268 g/mol. The van der Waals surface area contributed by atoms with E-state index in [9.17, 15) is 0 Å². The molecule has 0 unspecified atom stereocenters. The molecule has 0 aromatic carbocycles. The highest BCUT2D eigenvalue weighted by atomic mass is 32.1. The number of hydrogen-bond acceptors (Lipinski definition) is 3. The van der Waals surface area contributed by atoms with Crippen molar-refractivity contribution in [2.75, 3.05) is 6.61 Å². The molecule has 0 fully saturated rings. The van der Waals surface area contributed by atoms with E-state index in [1.54, 1.807) is 11.3 Å². The summed E-state index contributed by atoms with van der Waals surface area (Å²) >= 11 is 1.74. The van der Waals surface area contributed by atoms with Gasteiger partial charge in [-0.1, -0.05) is 19.6 Å². The Morgan fingerprint density at radius 3 is 2.82 bits per heavy atom. The molecule has 0 aliphatic heterocycles. The molecule has 0 aliphatic carbocycles. The molecule has 3 nitrogen and oxygen atoms in total. The summed E-state index contributed by atoms with van der Waals surface area (Å²) in [6, 6.07) is 3.38. The van der Waals surface area contributed by atoms with Crippen LogP contribution in [0.15, 0.2) is 12.3 Å². The lowest BCUT2D eigenvalue weighted by Crippen LogP contribution is -2.22. The van der Waals surface area contributed by atoms with Crippen LogP contribution in [0.2, 0.25) is 25.7 Å². The number of aryl methyl sites for hydroxylation is 1. The maximum absolute atomic E-state index is 5.66. The van der Waals surface area contributed by atoms with Crippen molar-refractivity contribution in [3.63, 3.8) is 0 Å². The van der Waals surface area contributed by atoms with Gasteiger partial charge in [0.1, 0.15) is 11.6 Å². The third kappa shape index (κ3) is 3.66. The molecule has 2 aromatic rings. The van der Waals surface area contributed by atoms with Crippen molar-refractivity contribution >= 4 is 29.6 Å². The largest absolute Gasteiger partial charge is 0.360 e. The van der Waals surface area contributed by atoms with Gasteiger partial charge in [-0.05, 0) is 19.0 Å². The molecule has 0 radical (unpaired) electrons. The molecule has 5 heteroatoms. The summed E-state index contributed by atoms with van der Waals surface area (Å²) in [5.74, 6) is 0. The summed E-state index contributed by atoms with van der Waals surface area (Å²) in [5.41, 5.74) is 0. The Morgan fingerprint density at radius 2 is 2.18 bits per heavy atom. The van der Waals surface area contributed by atoms with Crippen molar-refractivity contribution < 1.29 is 4.74 Å². The van der Waals surface area contributed by atoms with Gasteiger partial charge in [0.05, 0.1) is 0 Å². The van der Waals surface area contributed by atoms with Gasteiger partial charge >= 0.3 is 0 Å². The summed E-state index contributed by atoms with van der Waals surface area (Å²) < 4.78 is 7.56. The predicted molar refractivity (Wildman–Crippen MR) is 76.5 cm³/mol. The van der Waals surface area contributed by atoms with Crippen LogP contribution in [-0.2, 0) is 11.5 Å². The Hall–Kier alpha value is -0.653. The smallest absolute Gasteiger partial charge is 0.145 e. The molecule has 0 atom stereocenters. The molecule has 0 saturated carbocycles. The van der Waals surface area contributed by atoms with Crippen LogP contribution >= 0.6 is 11.3 Å². The Morgan fingerprint density at radius 1 is 1.41 bits per heavy atom. The van der Waals surface area contributed by atoms with E-state index in [0.29, 0.717) is 6.73 Å². The zero-order valence-electron chi connectivity index (χ0n) is 11.0. The van der Waals surface area contributed by atoms with Crippen molar-refractivity contribution in [1.29, 1.82) is 0 Å². The number of aromatic nitrogens is 2. The predicted octanol–water partition coefficient (Wildman–Crippen LogP) is 3.72. The van der Waals surface area contributed by atoms with Crippen molar-refractivity contribution in [1.82, 2.24) is 9.78 Å². The van der Waals surface area contributed by atoms with Gasteiger partial charge < -0.3 is 4.74 Å². The molecule has 0 aliphatic rings. The molecule has 2 rings (SSSR count). The fourth-order valence-electron chi connectivity index (χ4n) is 1.60. The van der Waals surface area contributed by atoms with E-state index in [2.05, 4.69) is 43.9 Å². The number of thiophene rings is 1. The minimum absolute atomic E-state index is 0.574. The first kappa shape index (κ1) is 12.8. The van der Waals surface area contributed by atoms with Gasteiger partial charge in [0.25, 0.3) is 0 Å². The van der Waals surface area contributed by atoms with Crippen LogP contribution < -0.4 is 0 Å². The van der Waals surface area contributed by atoms with Gasteiger partial charge in [-0.25, -0.2) is 4.68 Å². The molecule has 0 bridgehead atoms. The van der Waals surface area contributed by atoms with Crippen LogP contribution in [0.3, 0.4) is 0 Å². The first-order valence-corrected chi connectivity index (χ1v) is 10.5. The lowest BCUT2D eigenvalue weighted by atomic mass is 10.4. The second kappa shape index (κ2) is 4.92. The van der Waals surface area contributed by atoms with E-state index in [1.807, 2.05) is 4.68 Å². The SMILES string of the molecule is Cc1cc2cn(COCC[Si](C)(C)C)nc2s1. The van der Waals surface area contributed by atoms with E-state index in [4.69, 9.17) is 4.74 Å². The Kier molecular flexibility index (Phi) is 3.70. The maximum atomic E-state index is 5.66. The highest BCUT2D eigenvalue weighted by Gasteiger charge is 2.12. The molecule has 2 aromatic heterocycles. The van der Waals surface area contributed by atoms with E-state index >= 15 is 0 Å². The van der Waals surface area contributed by atoms with E-state index in [-0.39, 0.29) is 0 Å². The second-order valence-electron chi connectivity index (χ2n) is 5.63. The molecule has 0 amide bonds. The quantitative estimate of drug-likeness (QED) is 0.610. The fraction of sp³-hybridized carbons (Fsp3) is 0.583. The molecular formula is C12H20N2OSSi. The molecule has 17 heavy (non-hydrogen) atoms. The lowest BCUT2D eigenvalue weighted by Gasteiger charge is -2.15. The number of rotatable bonds is 5. The zero-order chi connectivity index (χ0) is 12.5. The van der Waals surface area contributed by atoms with Crippen molar-refractivity contribution in [3.8, 4) is 0 Å². The number of nitrogens with zero attached hydrogens (tertiary/aromatic N) is 2. The highest BCUT2D eigenvalue weighted by Crippen LogP contribution is 2.23.